The first-order valence-electron chi connectivity index (χ1n) is 4.90. The molecule has 19 heavy (non-hydrogen) atoms. The molecule has 0 amide bonds. The molecular weight excluding hydrogens is 312 g/mol. The Labute approximate surface area is 117 Å². The van der Waals surface area contributed by atoms with Gasteiger partial charge in [0, 0.05) is 0 Å². The van der Waals surface area contributed by atoms with Gasteiger partial charge < -0.3 is 10.5 Å². The average Bonchev–Trinajstić information content (AvgIpc) is 2.39. The van der Waals surface area contributed by atoms with Crippen molar-refractivity contribution in [3.63, 3.8) is 0 Å². The lowest BCUT2D eigenvalue weighted by Gasteiger charge is -2.09. The van der Waals surface area contributed by atoms with Crippen molar-refractivity contribution < 1.29 is 4.74 Å². The van der Waals surface area contributed by atoms with Crippen LogP contribution in [0.4, 0.5) is 5.69 Å². The minimum Gasteiger partial charge on any atom is -0.494 e. The summed E-state index contributed by atoms with van der Waals surface area (Å²) in [5.74, 6) is -0.110. The molecule has 96 valence electrons. The Morgan fingerprint density at radius 1 is 1.53 bits per heavy atom. The van der Waals surface area contributed by atoms with Crippen LogP contribution in [0, 0.1) is 28.1 Å². The maximum Gasteiger partial charge on any atom is 0.201 e. The molecule has 0 aromatic heterocycles. The zero-order chi connectivity index (χ0) is 14.4. The van der Waals surface area contributed by atoms with E-state index in [9.17, 15) is 0 Å². The van der Waals surface area contributed by atoms with E-state index in [-0.39, 0.29) is 11.3 Å². The van der Waals surface area contributed by atoms with Gasteiger partial charge in [0.25, 0.3) is 0 Å². The van der Waals surface area contributed by atoms with E-state index in [1.807, 2.05) is 6.07 Å². The van der Waals surface area contributed by atoms with Crippen LogP contribution in [-0.2, 0) is 0 Å². The third-order valence-electron chi connectivity index (χ3n) is 2.07. The molecule has 0 atom stereocenters. The third kappa shape index (κ3) is 3.21. The van der Waals surface area contributed by atoms with Crippen molar-refractivity contribution in [1.82, 2.24) is 0 Å². The van der Waals surface area contributed by atoms with Crippen LogP contribution in [0.2, 0.25) is 0 Å². The number of hydrazone groups is 1. The lowest BCUT2D eigenvalue weighted by atomic mass is 10.2. The molecule has 0 aliphatic heterocycles. The van der Waals surface area contributed by atoms with Crippen molar-refractivity contribution >= 4 is 33.2 Å². The normalized spacial score (nSPS) is 10.2. The van der Waals surface area contributed by atoms with E-state index in [1.165, 1.54) is 7.11 Å². The molecule has 0 aliphatic rings. The van der Waals surface area contributed by atoms with Crippen LogP contribution >= 0.6 is 15.9 Å². The molecule has 1 rings (SSSR count). The number of halogens is 1. The Morgan fingerprint density at radius 3 is 2.68 bits per heavy atom. The Balaban J connectivity index is 3.21. The number of amidine groups is 1. The summed E-state index contributed by atoms with van der Waals surface area (Å²) in [6, 6.07) is 6.89. The fourth-order valence-electron chi connectivity index (χ4n) is 1.22. The number of hydrogen-bond donors (Lipinski definition) is 3. The number of benzene rings is 1. The first kappa shape index (κ1) is 14.5. The molecule has 0 aliphatic carbocycles. The second-order valence-corrected chi connectivity index (χ2v) is 4.07. The minimum absolute atomic E-state index is 0.224. The SMILES string of the molecule is COc1c(Br)ccc(N/N=C(\C#N)C(=N)N)c1C#N. The van der Waals surface area contributed by atoms with Gasteiger partial charge in [0.2, 0.25) is 5.71 Å². The number of rotatable bonds is 4. The highest BCUT2D eigenvalue weighted by molar-refractivity contribution is 9.10. The van der Waals surface area contributed by atoms with Crippen LogP contribution in [0.25, 0.3) is 0 Å². The van der Waals surface area contributed by atoms with Crippen LogP contribution in [0.5, 0.6) is 5.75 Å². The first-order valence-corrected chi connectivity index (χ1v) is 5.69. The summed E-state index contributed by atoms with van der Waals surface area (Å²) in [5, 5.41) is 28.6. The molecule has 0 heterocycles. The Hall–Kier alpha value is -2.58. The fourth-order valence-corrected chi connectivity index (χ4v) is 1.71. The number of hydrogen-bond acceptors (Lipinski definition) is 6. The van der Waals surface area contributed by atoms with Gasteiger partial charge >= 0.3 is 0 Å². The Bertz CT molecular complexity index is 625. The highest BCUT2D eigenvalue weighted by Gasteiger charge is 2.12. The maximum absolute atomic E-state index is 9.12. The predicted molar refractivity (Wildman–Crippen MR) is 74.0 cm³/mol. The molecule has 1 aromatic rings. The Morgan fingerprint density at radius 2 is 2.21 bits per heavy atom. The molecule has 0 bridgehead atoms. The fraction of sp³-hybridized carbons (Fsp3) is 0.0909. The zero-order valence-corrected chi connectivity index (χ0v) is 11.4. The van der Waals surface area contributed by atoms with Gasteiger partial charge in [-0.2, -0.15) is 15.6 Å². The summed E-state index contributed by atoms with van der Waals surface area (Å²) >= 11 is 3.25. The second kappa shape index (κ2) is 6.38. The zero-order valence-electron chi connectivity index (χ0n) is 9.86. The molecule has 1 aromatic carbocycles. The number of methoxy groups -OCH3 is 1. The van der Waals surface area contributed by atoms with Gasteiger partial charge in [-0.25, -0.2) is 0 Å². The van der Waals surface area contributed by atoms with Gasteiger partial charge in [0.05, 0.1) is 17.3 Å². The minimum atomic E-state index is -0.461. The standard InChI is InChI=1S/C11H9BrN6O/c1-19-10-6(4-13)8(3-2-7(10)12)17-18-9(5-14)11(15)16/h2-3,17H,1H3,(H3,15,16)/b18-9+. The highest BCUT2D eigenvalue weighted by Crippen LogP contribution is 2.33. The predicted octanol–water partition coefficient (Wildman–Crippen LogP) is 1.56. The number of nitrogens with one attached hydrogen (secondary N) is 2. The summed E-state index contributed by atoms with van der Waals surface area (Å²) in [7, 11) is 1.43. The molecule has 0 radical (unpaired) electrons. The molecule has 0 fully saturated rings. The number of ether oxygens (including phenoxy) is 1. The van der Waals surface area contributed by atoms with Crippen LogP contribution < -0.4 is 15.9 Å². The molecule has 0 unspecified atom stereocenters. The van der Waals surface area contributed by atoms with Gasteiger partial charge in [-0.05, 0) is 28.1 Å². The molecular formula is C11H9BrN6O. The van der Waals surface area contributed by atoms with Crippen LogP contribution in [0.3, 0.4) is 0 Å². The maximum atomic E-state index is 9.12. The number of nitrogens with zero attached hydrogens (tertiary/aromatic N) is 3. The lowest BCUT2D eigenvalue weighted by Crippen LogP contribution is -2.22. The van der Waals surface area contributed by atoms with Crippen molar-refractivity contribution in [3.8, 4) is 17.9 Å². The number of nitriles is 2. The van der Waals surface area contributed by atoms with Gasteiger partial charge in [0.1, 0.15) is 17.7 Å². The first-order chi connectivity index (χ1) is 9.04. The van der Waals surface area contributed by atoms with Crippen LogP contribution in [0.1, 0.15) is 5.56 Å². The Kier molecular flexibility index (Phi) is 4.86. The van der Waals surface area contributed by atoms with Crippen molar-refractivity contribution in [2.45, 2.75) is 0 Å². The van der Waals surface area contributed by atoms with Crippen LogP contribution in [-0.4, -0.2) is 18.7 Å². The van der Waals surface area contributed by atoms with Gasteiger partial charge in [0.15, 0.2) is 11.6 Å². The lowest BCUT2D eigenvalue weighted by molar-refractivity contribution is 0.411. The van der Waals surface area contributed by atoms with Crippen molar-refractivity contribution in [2.75, 3.05) is 12.5 Å². The van der Waals surface area contributed by atoms with E-state index in [4.69, 9.17) is 26.4 Å². The highest BCUT2D eigenvalue weighted by atomic mass is 79.9. The van der Waals surface area contributed by atoms with Gasteiger partial charge in [-0.3, -0.25) is 10.8 Å². The molecule has 4 N–H and O–H groups in total. The number of nitrogens with two attached hydrogens (primary N) is 1. The topological polar surface area (TPSA) is 131 Å². The largest absolute Gasteiger partial charge is 0.494 e. The summed E-state index contributed by atoms with van der Waals surface area (Å²) < 4.78 is 5.72. The third-order valence-corrected chi connectivity index (χ3v) is 2.70. The van der Waals surface area contributed by atoms with E-state index < -0.39 is 5.84 Å². The van der Waals surface area contributed by atoms with Gasteiger partial charge in [-0.1, -0.05) is 0 Å². The van der Waals surface area contributed by atoms with E-state index in [0.717, 1.165) is 0 Å². The molecule has 8 heteroatoms. The van der Waals surface area contributed by atoms with E-state index in [1.54, 1.807) is 18.2 Å². The van der Waals surface area contributed by atoms with E-state index in [0.29, 0.717) is 15.9 Å². The monoisotopic (exact) mass is 320 g/mol. The van der Waals surface area contributed by atoms with Crippen molar-refractivity contribution in [1.29, 1.82) is 15.9 Å². The quantitative estimate of drug-likeness (QED) is 0.440. The number of anilines is 1. The van der Waals surface area contributed by atoms with Crippen molar-refractivity contribution in [2.24, 2.45) is 10.8 Å². The summed E-state index contributed by atoms with van der Waals surface area (Å²) in [4.78, 5) is 0. The summed E-state index contributed by atoms with van der Waals surface area (Å²) in [5.41, 5.74) is 7.97. The second-order valence-electron chi connectivity index (χ2n) is 3.21. The van der Waals surface area contributed by atoms with Gasteiger partial charge in [-0.15, -0.1) is 0 Å². The molecule has 0 spiro atoms. The summed E-state index contributed by atoms with van der Waals surface area (Å²) in [6.45, 7) is 0. The smallest absolute Gasteiger partial charge is 0.201 e. The molecule has 0 saturated carbocycles. The van der Waals surface area contributed by atoms with E-state index >= 15 is 0 Å². The molecule has 0 saturated heterocycles. The average molecular weight is 321 g/mol. The van der Waals surface area contributed by atoms with E-state index in [2.05, 4.69) is 26.5 Å². The van der Waals surface area contributed by atoms with Crippen LogP contribution in [0.15, 0.2) is 21.7 Å². The molecule has 7 nitrogen and oxygen atoms in total. The summed E-state index contributed by atoms with van der Waals surface area (Å²) in [6.07, 6.45) is 0. The van der Waals surface area contributed by atoms with Crippen molar-refractivity contribution in [3.05, 3.63) is 22.2 Å².